The fraction of sp³-hybridized carbons (Fsp3) is 0.500. The molecule has 1 atom stereocenters. The number of hydrogen-bond acceptors (Lipinski definition) is 8. The largest absolute Gasteiger partial charge is 0.493 e. The Morgan fingerprint density at radius 3 is 2.71 bits per heavy atom. The fourth-order valence-corrected chi connectivity index (χ4v) is 3.94. The van der Waals surface area contributed by atoms with Gasteiger partial charge in [0, 0.05) is 5.70 Å². The van der Waals surface area contributed by atoms with Crippen molar-refractivity contribution < 1.29 is 19.0 Å². The van der Waals surface area contributed by atoms with E-state index in [4.69, 9.17) is 14.2 Å². The molecule has 0 radical (unpaired) electrons. The molecule has 0 bridgehead atoms. The van der Waals surface area contributed by atoms with E-state index >= 15 is 0 Å². The number of hydrogen-bond donors (Lipinski definition) is 1. The van der Waals surface area contributed by atoms with Crippen molar-refractivity contribution >= 4 is 23.7 Å². The molecule has 0 spiro atoms. The average Bonchev–Trinajstić information content (AvgIpc) is 3.14. The Kier molecular flexibility index (Phi) is 7.48. The lowest BCUT2D eigenvalue weighted by Gasteiger charge is -2.28. The number of ether oxygens (including phenoxy) is 3. The van der Waals surface area contributed by atoms with Crippen LogP contribution in [0.3, 0.4) is 0 Å². The van der Waals surface area contributed by atoms with Crippen LogP contribution < -0.4 is 14.8 Å². The molecule has 31 heavy (non-hydrogen) atoms. The zero-order valence-corrected chi connectivity index (χ0v) is 19.7. The van der Waals surface area contributed by atoms with Crippen LogP contribution in [0.15, 0.2) is 34.6 Å². The highest BCUT2D eigenvalue weighted by molar-refractivity contribution is 7.99. The molecule has 1 N–H and O–H groups in total. The van der Waals surface area contributed by atoms with Gasteiger partial charge in [0.1, 0.15) is 6.04 Å². The number of rotatable bonds is 9. The molecule has 1 aliphatic rings. The van der Waals surface area contributed by atoms with E-state index in [-0.39, 0.29) is 0 Å². The predicted octanol–water partition coefficient (Wildman–Crippen LogP) is 4.29. The normalized spacial score (nSPS) is 15.5. The van der Waals surface area contributed by atoms with Crippen molar-refractivity contribution in [1.82, 2.24) is 14.8 Å². The predicted molar refractivity (Wildman–Crippen MR) is 121 cm³/mol. The summed E-state index contributed by atoms with van der Waals surface area (Å²) in [6.45, 7) is 8.81. The molecule has 168 valence electrons. The second kappa shape index (κ2) is 10.1. The van der Waals surface area contributed by atoms with Gasteiger partial charge in [-0.2, -0.15) is 4.98 Å². The molecule has 9 heteroatoms. The van der Waals surface area contributed by atoms with Gasteiger partial charge in [-0.3, -0.25) is 0 Å². The number of nitrogens with zero attached hydrogens (tertiary/aromatic N) is 3. The maximum atomic E-state index is 12.7. The lowest BCUT2D eigenvalue weighted by Crippen LogP contribution is -2.29. The van der Waals surface area contributed by atoms with E-state index in [0.29, 0.717) is 46.4 Å². The van der Waals surface area contributed by atoms with Gasteiger partial charge in [0.05, 0.1) is 26.4 Å². The summed E-state index contributed by atoms with van der Waals surface area (Å²) in [6.07, 6.45) is 0.952. The summed E-state index contributed by atoms with van der Waals surface area (Å²) in [5.74, 6) is 2.84. The number of anilines is 1. The van der Waals surface area contributed by atoms with E-state index in [1.807, 2.05) is 32.0 Å². The van der Waals surface area contributed by atoms with Crippen molar-refractivity contribution in [2.45, 2.75) is 45.3 Å². The zero-order chi connectivity index (χ0) is 22.5. The Bertz CT molecular complexity index is 970. The number of carbonyl (C=O) groups excluding carboxylic acids is 1. The zero-order valence-electron chi connectivity index (χ0n) is 18.9. The van der Waals surface area contributed by atoms with E-state index in [1.165, 1.54) is 7.11 Å². The minimum atomic E-state index is -0.499. The third-order valence-electron chi connectivity index (χ3n) is 4.97. The first kappa shape index (κ1) is 23.0. The molecule has 0 saturated carbocycles. The molecule has 0 fully saturated rings. The molecule has 0 saturated heterocycles. The third-order valence-corrected chi connectivity index (χ3v) is 5.69. The summed E-state index contributed by atoms with van der Waals surface area (Å²) in [7, 11) is 2.98. The number of nitrogens with one attached hydrogen (secondary N) is 1. The van der Waals surface area contributed by atoms with Gasteiger partial charge < -0.3 is 19.5 Å². The SMILES string of the molecule is CCSc1nc2n(n1)C(c1ccc(OCCC(C)C)c(OC)c1)C(C(=O)OC)=C(C)N2. The Hall–Kier alpha value is -2.68. The number of benzene rings is 1. The molecule has 1 aromatic heterocycles. The van der Waals surface area contributed by atoms with E-state index in [2.05, 4.69) is 29.2 Å². The minimum absolute atomic E-state index is 0.419. The quantitative estimate of drug-likeness (QED) is 0.451. The number of aromatic nitrogens is 3. The van der Waals surface area contributed by atoms with Gasteiger partial charge in [-0.1, -0.05) is 38.6 Å². The number of allylic oxidation sites excluding steroid dienone is 1. The molecule has 3 rings (SSSR count). The third kappa shape index (κ3) is 4.98. The van der Waals surface area contributed by atoms with Crippen molar-refractivity contribution in [3.8, 4) is 11.5 Å². The lowest BCUT2D eigenvalue weighted by molar-refractivity contribution is -0.136. The molecule has 2 aromatic rings. The first-order valence-electron chi connectivity index (χ1n) is 10.4. The van der Waals surface area contributed by atoms with Crippen molar-refractivity contribution in [1.29, 1.82) is 0 Å². The molecule has 0 amide bonds. The van der Waals surface area contributed by atoms with Gasteiger partial charge in [0.2, 0.25) is 11.1 Å². The van der Waals surface area contributed by atoms with Gasteiger partial charge in [-0.25, -0.2) is 9.48 Å². The highest BCUT2D eigenvalue weighted by Crippen LogP contribution is 2.39. The van der Waals surface area contributed by atoms with E-state index in [9.17, 15) is 4.79 Å². The van der Waals surface area contributed by atoms with Gasteiger partial charge in [-0.15, -0.1) is 5.10 Å². The van der Waals surface area contributed by atoms with Gasteiger partial charge >= 0.3 is 5.97 Å². The maximum absolute atomic E-state index is 12.7. The van der Waals surface area contributed by atoms with Crippen LogP contribution in [-0.2, 0) is 9.53 Å². The van der Waals surface area contributed by atoms with Crippen LogP contribution in [0, 0.1) is 5.92 Å². The molecular weight excluding hydrogens is 416 g/mol. The Morgan fingerprint density at radius 1 is 1.29 bits per heavy atom. The molecule has 8 nitrogen and oxygen atoms in total. The van der Waals surface area contributed by atoms with Crippen LogP contribution in [0.25, 0.3) is 0 Å². The average molecular weight is 447 g/mol. The van der Waals surface area contributed by atoms with Gasteiger partial charge in [0.25, 0.3) is 0 Å². The van der Waals surface area contributed by atoms with Crippen molar-refractivity contribution in [2.24, 2.45) is 5.92 Å². The second-order valence-electron chi connectivity index (χ2n) is 7.59. The van der Waals surface area contributed by atoms with Crippen LogP contribution >= 0.6 is 11.8 Å². The highest BCUT2D eigenvalue weighted by atomic mass is 32.2. The van der Waals surface area contributed by atoms with E-state index < -0.39 is 12.0 Å². The number of carbonyl (C=O) groups is 1. The number of methoxy groups -OCH3 is 2. The highest BCUT2D eigenvalue weighted by Gasteiger charge is 2.35. The van der Waals surface area contributed by atoms with Gasteiger partial charge in [0.15, 0.2) is 11.5 Å². The minimum Gasteiger partial charge on any atom is -0.493 e. The number of esters is 1. The summed E-state index contributed by atoms with van der Waals surface area (Å²) < 4.78 is 18.3. The van der Waals surface area contributed by atoms with E-state index in [1.54, 1.807) is 23.6 Å². The summed E-state index contributed by atoms with van der Waals surface area (Å²) in [5.41, 5.74) is 1.98. The summed E-state index contributed by atoms with van der Waals surface area (Å²) in [4.78, 5) is 17.3. The Labute approximate surface area is 187 Å². The first-order chi connectivity index (χ1) is 14.9. The van der Waals surface area contributed by atoms with Crippen LogP contribution in [0.4, 0.5) is 5.95 Å². The molecule has 1 aromatic carbocycles. The van der Waals surface area contributed by atoms with Crippen LogP contribution in [0.1, 0.15) is 45.7 Å². The smallest absolute Gasteiger partial charge is 0.338 e. The maximum Gasteiger partial charge on any atom is 0.338 e. The van der Waals surface area contributed by atoms with Crippen molar-refractivity contribution in [2.75, 3.05) is 31.9 Å². The standard InChI is InChI=1S/C22H30N4O4S/c1-7-31-22-24-21-23-14(4)18(20(27)29-6)19(26(21)25-22)15-8-9-16(17(12-15)28-5)30-11-10-13(2)3/h8-9,12-13,19H,7,10-11H2,1-6H3,(H,23,24,25). The van der Waals surface area contributed by atoms with Crippen molar-refractivity contribution in [3.05, 3.63) is 35.0 Å². The Balaban J connectivity index is 2.04. The Morgan fingerprint density at radius 2 is 2.06 bits per heavy atom. The van der Waals surface area contributed by atoms with Crippen LogP contribution in [0.5, 0.6) is 11.5 Å². The molecule has 1 aliphatic heterocycles. The second-order valence-corrected chi connectivity index (χ2v) is 8.83. The van der Waals surface area contributed by atoms with E-state index in [0.717, 1.165) is 17.7 Å². The summed E-state index contributed by atoms with van der Waals surface area (Å²) >= 11 is 1.54. The fourth-order valence-electron chi connectivity index (χ4n) is 3.38. The van der Waals surface area contributed by atoms with Crippen molar-refractivity contribution in [3.63, 3.8) is 0 Å². The molecular formula is C22H30N4O4S. The summed E-state index contributed by atoms with van der Waals surface area (Å²) in [6, 6.07) is 5.19. The molecule has 1 unspecified atom stereocenters. The summed E-state index contributed by atoms with van der Waals surface area (Å²) in [5, 5.41) is 8.47. The van der Waals surface area contributed by atoms with Crippen LogP contribution in [-0.4, -0.2) is 47.3 Å². The molecule has 2 heterocycles. The number of fused-ring (bicyclic) bond motifs is 1. The van der Waals surface area contributed by atoms with Crippen LogP contribution in [0.2, 0.25) is 0 Å². The monoisotopic (exact) mass is 446 g/mol. The number of thioether (sulfide) groups is 1. The lowest BCUT2D eigenvalue weighted by atomic mass is 9.95. The van der Waals surface area contributed by atoms with Gasteiger partial charge in [-0.05, 0) is 42.7 Å². The molecule has 0 aliphatic carbocycles. The topological polar surface area (TPSA) is 87.5 Å². The first-order valence-corrected chi connectivity index (χ1v) is 11.3.